The molecule has 160 valence electrons. The molecule has 0 spiro atoms. The van der Waals surface area contributed by atoms with Crippen LogP contribution in [0, 0.1) is 5.92 Å². The minimum absolute atomic E-state index is 0.0514. The van der Waals surface area contributed by atoms with E-state index >= 15 is 0 Å². The van der Waals surface area contributed by atoms with E-state index in [1.54, 1.807) is 20.8 Å². The molecule has 0 aromatic rings. The lowest BCUT2D eigenvalue weighted by molar-refractivity contribution is -0.151. The van der Waals surface area contributed by atoms with E-state index in [1.807, 2.05) is 0 Å². The van der Waals surface area contributed by atoms with Crippen LogP contribution in [0.4, 0.5) is 4.79 Å². The van der Waals surface area contributed by atoms with E-state index in [1.165, 1.54) is 18.4 Å². The molecule has 0 radical (unpaired) electrons. The number of nitrogens with zero attached hydrogens (tertiary/aromatic N) is 1. The number of likely N-dealkylation sites (tertiary alicyclic amines) is 1. The number of ether oxygens (including phenoxy) is 2. The molecule has 2 aliphatic rings. The average Bonchev–Trinajstić information content (AvgIpc) is 3.01. The van der Waals surface area contributed by atoms with Crippen molar-refractivity contribution in [1.82, 2.24) is 10.2 Å². The van der Waals surface area contributed by atoms with Gasteiger partial charge in [0, 0.05) is 13.0 Å². The zero-order chi connectivity index (χ0) is 20.9. The fourth-order valence-electron chi connectivity index (χ4n) is 4.04. The number of aliphatic hydroxyl groups is 1. The van der Waals surface area contributed by atoms with Crippen molar-refractivity contribution in [3.63, 3.8) is 0 Å². The van der Waals surface area contributed by atoms with Gasteiger partial charge in [0.2, 0.25) is 5.91 Å². The fraction of sp³-hybridized carbons (Fsp3) is 0.850. The summed E-state index contributed by atoms with van der Waals surface area (Å²) in [6.07, 6.45) is 4.65. The lowest BCUT2D eigenvalue weighted by Crippen LogP contribution is -2.53. The van der Waals surface area contributed by atoms with Crippen molar-refractivity contribution in [3.05, 3.63) is 0 Å². The van der Waals surface area contributed by atoms with Gasteiger partial charge in [-0.05, 0) is 33.1 Å². The van der Waals surface area contributed by atoms with E-state index in [-0.39, 0.29) is 18.9 Å². The Labute approximate surface area is 166 Å². The SMILES string of the molecule is COC(=O)[C@@H]1C[C@@H](O)CN1C(=O)[C@@H](CC1CCCCC1)NC(=O)OC(C)(C)C. The minimum atomic E-state index is -0.832. The normalized spacial score (nSPS) is 24.5. The fourth-order valence-corrected chi connectivity index (χ4v) is 4.04. The molecule has 1 aliphatic carbocycles. The van der Waals surface area contributed by atoms with Crippen molar-refractivity contribution < 1.29 is 29.0 Å². The van der Waals surface area contributed by atoms with Gasteiger partial charge in [-0.2, -0.15) is 0 Å². The Morgan fingerprint density at radius 2 is 1.82 bits per heavy atom. The van der Waals surface area contributed by atoms with Crippen molar-refractivity contribution in [2.75, 3.05) is 13.7 Å². The Morgan fingerprint density at radius 3 is 2.39 bits per heavy atom. The van der Waals surface area contributed by atoms with E-state index in [0.29, 0.717) is 12.3 Å². The topological polar surface area (TPSA) is 105 Å². The van der Waals surface area contributed by atoms with Crippen LogP contribution in [0.3, 0.4) is 0 Å². The molecule has 1 saturated heterocycles. The van der Waals surface area contributed by atoms with E-state index in [0.717, 1.165) is 25.7 Å². The number of hydrogen-bond acceptors (Lipinski definition) is 6. The van der Waals surface area contributed by atoms with Gasteiger partial charge in [0.1, 0.15) is 17.7 Å². The Kier molecular flexibility index (Phi) is 7.69. The molecule has 0 aromatic heterocycles. The van der Waals surface area contributed by atoms with Gasteiger partial charge in [0.15, 0.2) is 0 Å². The molecule has 0 aromatic carbocycles. The summed E-state index contributed by atoms with van der Waals surface area (Å²) in [5.41, 5.74) is -0.680. The summed E-state index contributed by atoms with van der Waals surface area (Å²) in [4.78, 5) is 38.9. The first-order chi connectivity index (χ1) is 13.1. The van der Waals surface area contributed by atoms with Gasteiger partial charge in [0.05, 0.1) is 13.2 Å². The van der Waals surface area contributed by atoms with Crippen molar-refractivity contribution >= 4 is 18.0 Å². The highest BCUT2D eigenvalue weighted by Gasteiger charge is 2.42. The minimum Gasteiger partial charge on any atom is -0.467 e. The molecule has 1 saturated carbocycles. The second-order valence-corrected chi connectivity index (χ2v) is 8.86. The summed E-state index contributed by atoms with van der Waals surface area (Å²) in [5.74, 6) is -0.594. The van der Waals surface area contributed by atoms with Crippen molar-refractivity contribution in [2.45, 2.75) is 89.5 Å². The van der Waals surface area contributed by atoms with Gasteiger partial charge in [-0.3, -0.25) is 4.79 Å². The highest BCUT2D eigenvalue weighted by atomic mass is 16.6. The number of hydrogen-bond donors (Lipinski definition) is 2. The van der Waals surface area contributed by atoms with Crippen LogP contribution in [0.1, 0.15) is 65.7 Å². The van der Waals surface area contributed by atoms with Crippen LogP contribution in [0.2, 0.25) is 0 Å². The number of aliphatic hydroxyl groups excluding tert-OH is 1. The van der Waals surface area contributed by atoms with Crippen LogP contribution >= 0.6 is 0 Å². The molecule has 1 aliphatic heterocycles. The van der Waals surface area contributed by atoms with Gasteiger partial charge in [-0.25, -0.2) is 9.59 Å². The first-order valence-electron chi connectivity index (χ1n) is 10.2. The van der Waals surface area contributed by atoms with E-state index in [9.17, 15) is 19.5 Å². The highest BCUT2D eigenvalue weighted by Crippen LogP contribution is 2.29. The summed E-state index contributed by atoms with van der Waals surface area (Å²) in [6.45, 7) is 5.33. The summed E-state index contributed by atoms with van der Waals surface area (Å²) < 4.78 is 10.1. The number of alkyl carbamates (subject to hydrolysis) is 1. The first-order valence-corrected chi connectivity index (χ1v) is 10.2. The Balaban J connectivity index is 2.14. The second-order valence-electron chi connectivity index (χ2n) is 8.86. The molecular weight excluding hydrogens is 364 g/mol. The third-order valence-electron chi connectivity index (χ3n) is 5.32. The van der Waals surface area contributed by atoms with Gasteiger partial charge in [-0.1, -0.05) is 32.1 Å². The Hall–Kier alpha value is -1.83. The van der Waals surface area contributed by atoms with Crippen molar-refractivity contribution in [2.24, 2.45) is 5.92 Å². The standard InChI is InChI=1S/C20H34N2O6/c1-20(2,3)28-19(26)21-15(10-13-8-6-5-7-9-13)17(24)22-12-14(23)11-16(22)18(25)27-4/h13-16,23H,5-12H2,1-4H3,(H,21,26)/t14-,15-,16+/m1/s1. The van der Waals surface area contributed by atoms with Crippen LogP contribution in [-0.4, -0.2) is 65.4 Å². The number of β-amino-alcohol motifs (C(OH)–C–C–N with tert-alkyl or cyclic N) is 1. The number of rotatable bonds is 5. The molecule has 2 amide bonds. The third kappa shape index (κ3) is 6.36. The lowest BCUT2D eigenvalue weighted by atomic mass is 9.84. The molecule has 8 heteroatoms. The summed E-state index contributed by atoms with van der Waals surface area (Å²) in [7, 11) is 1.26. The Bertz CT molecular complexity index is 568. The third-order valence-corrected chi connectivity index (χ3v) is 5.32. The molecule has 2 rings (SSSR count). The van der Waals surface area contributed by atoms with Gasteiger partial charge < -0.3 is 24.8 Å². The van der Waals surface area contributed by atoms with Crippen LogP contribution < -0.4 is 5.32 Å². The zero-order valence-electron chi connectivity index (χ0n) is 17.4. The number of nitrogens with one attached hydrogen (secondary N) is 1. The van der Waals surface area contributed by atoms with Gasteiger partial charge in [0.25, 0.3) is 0 Å². The smallest absolute Gasteiger partial charge is 0.408 e. The highest BCUT2D eigenvalue weighted by molar-refractivity contribution is 5.90. The monoisotopic (exact) mass is 398 g/mol. The van der Waals surface area contributed by atoms with Gasteiger partial charge in [-0.15, -0.1) is 0 Å². The van der Waals surface area contributed by atoms with Crippen LogP contribution in [0.15, 0.2) is 0 Å². The predicted octanol–water partition coefficient (Wildman–Crippen LogP) is 1.98. The number of amides is 2. The molecule has 0 unspecified atom stereocenters. The first kappa shape index (κ1) is 22.5. The van der Waals surface area contributed by atoms with Crippen LogP contribution in [0.5, 0.6) is 0 Å². The predicted molar refractivity (Wildman–Crippen MR) is 102 cm³/mol. The van der Waals surface area contributed by atoms with Gasteiger partial charge >= 0.3 is 12.1 Å². The molecule has 1 heterocycles. The largest absolute Gasteiger partial charge is 0.467 e. The van der Waals surface area contributed by atoms with Crippen LogP contribution in [-0.2, 0) is 19.1 Å². The molecule has 28 heavy (non-hydrogen) atoms. The number of esters is 1. The van der Waals surface area contributed by atoms with E-state index in [2.05, 4.69) is 5.32 Å². The molecule has 0 bridgehead atoms. The maximum Gasteiger partial charge on any atom is 0.408 e. The quantitative estimate of drug-likeness (QED) is 0.686. The summed E-state index contributed by atoms with van der Waals surface area (Å²) >= 11 is 0. The molecule has 8 nitrogen and oxygen atoms in total. The maximum absolute atomic E-state index is 13.2. The maximum atomic E-state index is 13.2. The summed E-state index contributed by atoms with van der Waals surface area (Å²) in [5, 5.41) is 12.7. The Morgan fingerprint density at radius 1 is 1.18 bits per heavy atom. The molecule has 3 atom stereocenters. The average molecular weight is 399 g/mol. The summed E-state index contributed by atoms with van der Waals surface area (Å²) in [6, 6.07) is -1.63. The molecule has 2 fully saturated rings. The zero-order valence-corrected chi connectivity index (χ0v) is 17.4. The van der Waals surface area contributed by atoms with Crippen molar-refractivity contribution in [3.8, 4) is 0 Å². The molecule has 2 N–H and O–H groups in total. The number of carbonyl (C=O) groups is 3. The van der Waals surface area contributed by atoms with Crippen LogP contribution in [0.25, 0.3) is 0 Å². The van der Waals surface area contributed by atoms with E-state index < -0.39 is 35.9 Å². The lowest BCUT2D eigenvalue weighted by Gasteiger charge is -2.31. The number of carbonyl (C=O) groups excluding carboxylic acids is 3. The second kappa shape index (κ2) is 9.58. The molecular formula is C20H34N2O6. The van der Waals surface area contributed by atoms with Crippen molar-refractivity contribution in [1.29, 1.82) is 0 Å². The number of methoxy groups -OCH3 is 1. The van der Waals surface area contributed by atoms with E-state index in [4.69, 9.17) is 9.47 Å².